The summed E-state index contributed by atoms with van der Waals surface area (Å²) in [6.45, 7) is 1.10. The molecule has 0 atom stereocenters. The van der Waals surface area contributed by atoms with E-state index in [1.807, 2.05) is 0 Å². The minimum Gasteiger partial charge on any atom is -0.462 e. The summed E-state index contributed by atoms with van der Waals surface area (Å²) in [5, 5.41) is 3.00. The van der Waals surface area contributed by atoms with Crippen molar-refractivity contribution in [2.24, 2.45) is 0 Å². The smallest absolute Gasteiger partial charge is 0.331 e. The van der Waals surface area contributed by atoms with Crippen LogP contribution in [0.1, 0.15) is 11.5 Å². The molecule has 142 valence electrons. The maximum absolute atomic E-state index is 12.0. The maximum atomic E-state index is 12.0. The van der Waals surface area contributed by atoms with Gasteiger partial charge < -0.3 is 19.4 Å². The molecule has 0 saturated carbocycles. The number of rotatable bonds is 7. The van der Waals surface area contributed by atoms with Gasteiger partial charge in [0.25, 0.3) is 5.91 Å². The average Bonchev–Trinajstić information content (AvgIpc) is 3.05. The lowest BCUT2D eigenvalue weighted by Gasteiger charge is -2.16. The van der Waals surface area contributed by atoms with Gasteiger partial charge in [0.15, 0.2) is 6.61 Å². The van der Waals surface area contributed by atoms with E-state index in [0.29, 0.717) is 16.5 Å². The zero-order chi connectivity index (χ0) is 19.8. The molecular weight excluding hydrogens is 372 g/mol. The molecule has 1 N–H and O–H groups in total. The molecule has 7 nitrogen and oxygen atoms in total. The van der Waals surface area contributed by atoms with Crippen molar-refractivity contribution in [3.63, 3.8) is 0 Å². The van der Waals surface area contributed by atoms with Gasteiger partial charge in [0, 0.05) is 13.1 Å². The van der Waals surface area contributed by atoms with Gasteiger partial charge in [0.1, 0.15) is 11.5 Å². The second-order valence-electron chi connectivity index (χ2n) is 5.67. The van der Waals surface area contributed by atoms with Crippen LogP contribution in [-0.4, -0.2) is 42.9 Å². The highest BCUT2D eigenvalue weighted by molar-refractivity contribution is 6.33. The molecule has 0 aliphatic heterocycles. The molecule has 1 aromatic heterocycles. The van der Waals surface area contributed by atoms with Crippen LogP contribution in [0, 0.1) is 6.92 Å². The molecule has 0 saturated heterocycles. The molecule has 2 rings (SSSR count). The summed E-state index contributed by atoms with van der Waals surface area (Å²) in [4.78, 5) is 36.8. The highest BCUT2D eigenvalue weighted by atomic mass is 35.5. The van der Waals surface area contributed by atoms with E-state index in [1.165, 1.54) is 13.1 Å². The number of likely N-dealkylation sites (N-methyl/N-ethyl adjacent to an activating group) is 1. The van der Waals surface area contributed by atoms with E-state index in [-0.39, 0.29) is 6.54 Å². The first-order chi connectivity index (χ1) is 12.8. The number of carbonyl (C=O) groups excluding carboxylic acids is 3. The Morgan fingerprint density at radius 3 is 2.63 bits per heavy atom. The third-order valence-electron chi connectivity index (χ3n) is 3.44. The number of halogens is 1. The van der Waals surface area contributed by atoms with E-state index in [0.717, 1.165) is 16.7 Å². The number of aryl methyl sites for hydroxylation is 1. The van der Waals surface area contributed by atoms with Gasteiger partial charge in [-0.25, -0.2) is 4.79 Å². The summed E-state index contributed by atoms with van der Waals surface area (Å²) < 4.78 is 10.1. The van der Waals surface area contributed by atoms with Crippen LogP contribution in [0.25, 0.3) is 6.08 Å². The Bertz CT molecular complexity index is 859. The number of amides is 2. The lowest BCUT2D eigenvalue weighted by molar-refractivity contribution is -0.148. The zero-order valence-electron chi connectivity index (χ0n) is 14.9. The summed E-state index contributed by atoms with van der Waals surface area (Å²) in [7, 11) is 1.43. The number of para-hydroxylation sites is 1. The fraction of sp³-hybridized carbons (Fsp3) is 0.211. The third kappa shape index (κ3) is 6.63. The first-order valence-corrected chi connectivity index (χ1v) is 8.42. The second kappa shape index (κ2) is 9.59. The molecular formula is C19H19ClN2O5. The quantitative estimate of drug-likeness (QED) is 0.580. The van der Waals surface area contributed by atoms with Crippen LogP contribution in [0.3, 0.4) is 0 Å². The summed E-state index contributed by atoms with van der Waals surface area (Å²) >= 11 is 5.96. The standard InChI is InChI=1S/C19H19ClN2O5/c1-13-7-8-14(27-13)9-10-19(25)26-12-18(24)22(2)11-17(23)21-16-6-4-3-5-15(16)20/h3-10H,11-12H2,1-2H3,(H,21,23). The molecule has 1 aromatic carbocycles. The fourth-order valence-electron chi connectivity index (χ4n) is 2.04. The Balaban J connectivity index is 1.76. The van der Waals surface area contributed by atoms with Crippen molar-refractivity contribution in [3.05, 3.63) is 59.0 Å². The number of benzene rings is 1. The van der Waals surface area contributed by atoms with Crippen LogP contribution < -0.4 is 5.32 Å². The van der Waals surface area contributed by atoms with Crippen molar-refractivity contribution in [2.75, 3.05) is 25.5 Å². The maximum Gasteiger partial charge on any atom is 0.331 e. The summed E-state index contributed by atoms with van der Waals surface area (Å²) in [5.74, 6) is -0.399. The molecule has 1 heterocycles. The summed E-state index contributed by atoms with van der Waals surface area (Å²) in [6, 6.07) is 10.2. The Morgan fingerprint density at radius 1 is 1.22 bits per heavy atom. The van der Waals surface area contributed by atoms with E-state index >= 15 is 0 Å². The molecule has 2 aromatic rings. The predicted molar refractivity (Wildman–Crippen MR) is 101 cm³/mol. The van der Waals surface area contributed by atoms with Crippen LogP contribution >= 0.6 is 11.6 Å². The van der Waals surface area contributed by atoms with E-state index in [9.17, 15) is 14.4 Å². The Kier molecular flexibility index (Phi) is 7.19. The fourth-order valence-corrected chi connectivity index (χ4v) is 2.22. The number of nitrogens with zero attached hydrogens (tertiary/aromatic N) is 1. The topological polar surface area (TPSA) is 88.9 Å². The highest BCUT2D eigenvalue weighted by Crippen LogP contribution is 2.20. The molecule has 8 heteroatoms. The van der Waals surface area contributed by atoms with Crippen molar-refractivity contribution in [1.29, 1.82) is 0 Å². The first kappa shape index (κ1) is 20.3. The molecule has 0 unspecified atom stereocenters. The van der Waals surface area contributed by atoms with Gasteiger partial charge in [-0.1, -0.05) is 23.7 Å². The molecule has 27 heavy (non-hydrogen) atoms. The van der Waals surface area contributed by atoms with Crippen LogP contribution in [0.4, 0.5) is 5.69 Å². The van der Waals surface area contributed by atoms with E-state index < -0.39 is 24.4 Å². The Morgan fingerprint density at radius 2 is 1.96 bits per heavy atom. The summed E-state index contributed by atoms with van der Waals surface area (Å²) in [6.07, 6.45) is 2.61. The van der Waals surface area contributed by atoms with Crippen molar-refractivity contribution < 1.29 is 23.5 Å². The minimum absolute atomic E-state index is 0.205. The number of ether oxygens (including phenoxy) is 1. The van der Waals surface area contributed by atoms with Crippen molar-refractivity contribution in [3.8, 4) is 0 Å². The van der Waals surface area contributed by atoms with Crippen molar-refractivity contribution >= 4 is 41.1 Å². The molecule has 0 bridgehead atoms. The number of hydrogen-bond acceptors (Lipinski definition) is 5. The second-order valence-corrected chi connectivity index (χ2v) is 6.07. The molecule has 2 amide bonds. The molecule has 0 spiro atoms. The normalized spacial score (nSPS) is 10.6. The van der Waals surface area contributed by atoms with E-state index in [4.69, 9.17) is 20.8 Å². The molecule has 0 aliphatic carbocycles. The van der Waals surface area contributed by atoms with Crippen molar-refractivity contribution in [1.82, 2.24) is 4.90 Å². The zero-order valence-corrected chi connectivity index (χ0v) is 15.7. The van der Waals surface area contributed by atoms with Crippen LogP contribution in [0.15, 0.2) is 46.9 Å². The lowest BCUT2D eigenvalue weighted by atomic mass is 10.3. The van der Waals surface area contributed by atoms with Gasteiger partial charge in [-0.15, -0.1) is 0 Å². The van der Waals surface area contributed by atoms with Crippen LogP contribution in [0.5, 0.6) is 0 Å². The number of carbonyl (C=O) groups is 3. The van der Waals surface area contributed by atoms with Gasteiger partial charge in [-0.3, -0.25) is 9.59 Å². The average molecular weight is 391 g/mol. The summed E-state index contributed by atoms with van der Waals surface area (Å²) in [5.41, 5.74) is 0.453. The highest BCUT2D eigenvalue weighted by Gasteiger charge is 2.15. The van der Waals surface area contributed by atoms with Gasteiger partial charge in [-0.2, -0.15) is 0 Å². The van der Waals surface area contributed by atoms with Gasteiger partial charge in [0.2, 0.25) is 5.91 Å². The lowest BCUT2D eigenvalue weighted by Crippen LogP contribution is -2.37. The monoisotopic (exact) mass is 390 g/mol. The number of nitrogens with one attached hydrogen (secondary N) is 1. The number of furan rings is 1. The Labute approximate surface area is 161 Å². The number of hydrogen-bond donors (Lipinski definition) is 1. The number of anilines is 1. The van der Waals surface area contributed by atoms with Crippen LogP contribution in [0.2, 0.25) is 5.02 Å². The predicted octanol–water partition coefficient (Wildman–Crippen LogP) is 2.89. The van der Waals surface area contributed by atoms with Gasteiger partial charge >= 0.3 is 5.97 Å². The number of esters is 1. The molecule has 0 aliphatic rings. The molecule has 0 radical (unpaired) electrons. The SMILES string of the molecule is Cc1ccc(C=CC(=O)OCC(=O)N(C)CC(=O)Nc2ccccc2Cl)o1. The first-order valence-electron chi connectivity index (χ1n) is 8.05. The molecule has 0 fully saturated rings. The van der Waals surface area contributed by atoms with Crippen LogP contribution in [-0.2, 0) is 19.1 Å². The van der Waals surface area contributed by atoms with E-state index in [1.54, 1.807) is 43.3 Å². The third-order valence-corrected chi connectivity index (χ3v) is 3.77. The van der Waals surface area contributed by atoms with Gasteiger partial charge in [-0.05, 0) is 37.3 Å². The Hall–Kier alpha value is -3.06. The minimum atomic E-state index is -0.689. The van der Waals surface area contributed by atoms with Crippen molar-refractivity contribution in [2.45, 2.75) is 6.92 Å². The van der Waals surface area contributed by atoms with E-state index in [2.05, 4.69) is 5.32 Å². The largest absolute Gasteiger partial charge is 0.462 e. The van der Waals surface area contributed by atoms with Gasteiger partial charge in [0.05, 0.1) is 17.3 Å².